The number of carboxylic acid groups (broad SMARTS) is 1. The zero-order valence-corrected chi connectivity index (χ0v) is 10.6. The van der Waals surface area contributed by atoms with Crippen molar-refractivity contribution >= 4 is 23.3 Å². The maximum absolute atomic E-state index is 13.4. The Morgan fingerprint density at radius 1 is 1.26 bits per heavy atom. The van der Waals surface area contributed by atoms with Crippen LogP contribution in [0.3, 0.4) is 0 Å². The topological polar surface area (TPSA) is 49.3 Å². The first-order valence-electron chi connectivity index (χ1n) is 5.58. The van der Waals surface area contributed by atoms with Gasteiger partial charge in [-0.25, -0.2) is 9.18 Å². The zero-order valence-electron chi connectivity index (χ0n) is 9.86. The molecule has 0 aliphatic heterocycles. The summed E-state index contributed by atoms with van der Waals surface area (Å²) in [5.74, 6) is -1.36. The third kappa shape index (κ3) is 3.23. The van der Waals surface area contributed by atoms with Gasteiger partial charge in [0, 0.05) is 12.1 Å². The van der Waals surface area contributed by atoms with Crippen LogP contribution in [0.4, 0.5) is 10.1 Å². The molecule has 0 spiro atoms. The molecule has 0 aliphatic carbocycles. The van der Waals surface area contributed by atoms with Crippen LogP contribution in [-0.4, -0.2) is 11.1 Å². The number of benzene rings is 2. The smallest absolute Gasteiger partial charge is 0.335 e. The van der Waals surface area contributed by atoms with E-state index >= 15 is 0 Å². The normalized spacial score (nSPS) is 10.2. The SMILES string of the molecule is O=C(O)c1ccc(Cl)c(NCc2ccccc2F)c1. The summed E-state index contributed by atoms with van der Waals surface area (Å²) in [4.78, 5) is 10.9. The van der Waals surface area contributed by atoms with E-state index in [0.29, 0.717) is 16.3 Å². The van der Waals surface area contributed by atoms with Crippen LogP contribution < -0.4 is 5.32 Å². The summed E-state index contributed by atoms with van der Waals surface area (Å²) in [6.45, 7) is 0.232. The summed E-state index contributed by atoms with van der Waals surface area (Å²) < 4.78 is 13.4. The average molecular weight is 280 g/mol. The molecule has 0 aromatic heterocycles. The summed E-state index contributed by atoms with van der Waals surface area (Å²) in [5.41, 5.74) is 1.07. The van der Waals surface area contributed by atoms with E-state index in [1.54, 1.807) is 18.2 Å². The number of rotatable bonds is 4. The highest BCUT2D eigenvalue weighted by Crippen LogP contribution is 2.24. The van der Waals surface area contributed by atoms with Crippen LogP contribution in [0.2, 0.25) is 5.02 Å². The van der Waals surface area contributed by atoms with Crippen LogP contribution in [0.25, 0.3) is 0 Å². The molecule has 3 nitrogen and oxygen atoms in total. The molecular weight excluding hydrogens is 269 g/mol. The molecule has 0 atom stereocenters. The lowest BCUT2D eigenvalue weighted by Gasteiger charge is -2.10. The minimum Gasteiger partial charge on any atom is -0.478 e. The van der Waals surface area contributed by atoms with E-state index in [0.717, 1.165) is 0 Å². The number of hydrogen-bond acceptors (Lipinski definition) is 2. The van der Waals surface area contributed by atoms with Gasteiger partial charge in [-0.15, -0.1) is 0 Å². The van der Waals surface area contributed by atoms with E-state index in [2.05, 4.69) is 5.32 Å². The molecule has 0 amide bonds. The molecule has 2 rings (SSSR count). The Kier molecular flexibility index (Phi) is 4.02. The van der Waals surface area contributed by atoms with Crippen LogP contribution in [0.1, 0.15) is 15.9 Å². The molecule has 0 unspecified atom stereocenters. The fourth-order valence-corrected chi connectivity index (χ4v) is 1.81. The molecule has 0 aliphatic rings. The van der Waals surface area contributed by atoms with Crippen molar-refractivity contribution in [3.8, 4) is 0 Å². The summed E-state index contributed by atoms with van der Waals surface area (Å²) >= 11 is 5.96. The van der Waals surface area contributed by atoms with Gasteiger partial charge in [-0.2, -0.15) is 0 Å². The van der Waals surface area contributed by atoms with Crippen molar-refractivity contribution in [2.75, 3.05) is 5.32 Å². The molecule has 0 bridgehead atoms. The first kappa shape index (κ1) is 13.4. The van der Waals surface area contributed by atoms with Gasteiger partial charge in [0.1, 0.15) is 5.82 Å². The molecule has 2 aromatic rings. The minimum atomic E-state index is -1.04. The van der Waals surface area contributed by atoms with E-state index < -0.39 is 5.97 Å². The number of aromatic carboxylic acids is 1. The van der Waals surface area contributed by atoms with E-state index in [4.69, 9.17) is 16.7 Å². The van der Waals surface area contributed by atoms with Crippen molar-refractivity contribution in [3.63, 3.8) is 0 Å². The lowest BCUT2D eigenvalue weighted by Crippen LogP contribution is -2.04. The monoisotopic (exact) mass is 279 g/mol. The molecule has 5 heteroatoms. The van der Waals surface area contributed by atoms with Crippen molar-refractivity contribution in [3.05, 3.63) is 64.4 Å². The molecule has 19 heavy (non-hydrogen) atoms. The Labute approximate surface area is 114 Å². The summed E-state index contributed by atoms with van der Waals surface area (Å²) in [6, 6.07) is 10.7. The second kappa shape index (κ2) is 5.71. The molecule has 2 aromatic carbocycles. The van der Waals surface area contributed by atoms with Gasteiger partial charge in [-0.1, -0.05) is 29.8 Å². The van der Waals surface area contributed by atoms with Gasteiger partial charge in [0.15, 0.2) is 0 Å². The van der Waals surface area contributed by atoms with Crippen molar-refractivity contribution in [1.82, 2.24) is 0 Å². The average Bonchev–Trinajstić information content (AvgIpc) is 2.39. The van der Waals surface area contributed by atoms with Gasteiger partial charge >= 0.3 is 5.97 Å². The number of carboxylic acids is 1. The Morgan fingerprint density at radius 2 is 2.00 bits per heavy atom. The molecule has 0 saturated carbocycles. The lowest BCUT2D eigenvalue weighted by atomic mass is 10.1. The second-order valence-corrected chi connectivity index (χ2v) is 4.35. The number of anilines is 1. The number of halogens is 2. The van der Waals surface area contributed by atoms with Crippen LogP contribution >= 0.6 is 11.6 Å². The zero-order chi connectivity index (χ0) is 13.8. The Hall–Kier alpha value is -2.07. The highest BCUT2D eigenvalue weighted by Gasteiger charge is 2.08. The summed E-state index contributed by atoms with van der Waals surface area (Å²) in [5, 5.41) is 12.2. The van der Waals surface area contributed by atoms with Crippen molar-refractivity contribution in [2.24, 2.45) is 0 Å². The Morgan fingerprint density at radius 3 is 2.68 bits per heavy atom. The standard InChI is InChI=1S/C14H11ClFNO2/c15-11-6-5-9(14(18)19)7-13(11)17-8-10-3-1-2-4-12(10)16/h1-7,17H,8H2,(H,18,19). The predicted molar refractivity (Wildman–Crippen MR) is 72.1 cm³/mol. The van der Waals surface area contributed by atoms with Gasteiger partial charge in [-0.05, 0) is 24.3 Å². The maximum Gasteiger partial charge on any atom is 0.335 e. The largest absolute Gasteiger partial charge is 0.478 e. The number of carbonyl (C=O) groups is 1. The first-order valence-corrected chi connectivity index (χ1v) is 5.96. The van der Waals surface area contributed by atoms with Crippen molar-refractivity contribution in [2.45, 2.75) is 6.54 Å². The van der Waals surface area contributed by atoms with Crippen LogP contribution in [0.5, 0.6) is 0 Å². The fraction of sp³-hybridized carbons (Fsp3) is 0.0714. The van der Waals surface area contributed by atoms with Gasteiger partial charge < -0.3 is 10.4 Å². The third-order valence-corrected chi connectivity index (χ3v) is 2.97. The molecule has 0 fully saturated rings. The van der Waals surface area contributed by atoms with E-state index in [1.807, 2.05) is 0 Å². The highest BCUT2D eigenvalue weighted by molar-refractivity contribution is 6.33. The Balaban J connectivity index is 2.17. The predicted octanol–water partition coefficient (Wildman–Crippen LogP) is 3.79. The van der Waals surface area contributed by atoms with Crippen molar-refractivity contribution < 1.29 is 14.3 Å². The lowest BCUT2D eigenvalue weighted by molar-refractivity contribution is 0.0697. The Bertz CT molecular complexity index is 616. The summed E-state index contributed by atoms with van der Waals surface area (Å²) in [7, 11) is 0. The third-order valence-electron chi connectivity index (χ3n) is 2.64. The van der Waals surface area contributed by atoms with Crippen LogP contribution in [0.15, 0.2) is 42.5 Å². The van der Waals surface area contributed by atoms with Gasteiger partial charge in [-0.3, -0.25) is 0 Å². The molecule has 0 radical (unpaired) electrons. The molecule has 0 heterocycles. The van der Waals surface area contributed by atoms with E-state index in [9.17, 15) is 9.18 Å². The minimum absolute atomic E-state index is 0.125. The summed E-state index contributed by atoms with van der Waals surface area (Å²) in [6.07, 6.45) is 0. The van der Waals surface area contributed by atoms with Crippen LogP contribution in [-0.2, 0) is 6.54 Å². The number of hydrogen-bond donors (Lipinski definition) is 2. The highest BCUT2D eigenvalue weighted by atomic mass is 35.5. The van der Waals surface area contributed by atoms with Crippen LogP contribution in [0, 0.1) is 5.82 Å². The molecular formula is C14H11ClFNO2. The fourth-order valence-electron chi connectivity index (χ4n) is 1.63. The van der Waals surface area contributed by atoms with Crippen molar-refractivity contribution in [1.29, 1.82) is 0 Å². The molecule has 2 N–H and O–H groups in total. The van der Waals surface area contributed by atoms with Gasteiger partial charge in [0.05, 0.1) is 16.3 Å². The second-order valence-electron chi connectivity index (χ2n) is 3.94. The quantitative estimate of drug-likeness (QED) is 0.895. The molecule has 0 saturated heterocycles. The maximum atomic E-state index is 13.4. The van der Waals surface area contributed by atoms with E-state index in [1.165, 1.54) is 24.3 Å². The van der Waals surface area contributed by atoms with Gasteiger partial charge in [0.25, 0.3) is 0 Å². The van der Waals surface area contributed by atoms with Gasteiger partial charge in [0.2, 0.25) is 0 Å². The first-order chi connectivity index (χ1) is 9.08. The number of nitrogens with one attached hydrogen (secondary N) is 1. The van der Waals surface area contributed by atoms with E-state index in [-0.39, 0.29) is 17.9 Å². The molecule has 98 valence electrons.